The van der Waals surface area contributed by atoms with Crippen LogP contribution < -0.4 is 4.90 Å². The molecule has 63 heavy (non-hydrogen) atoms. The Morgan fingerprint density at radius 3 is 1.73 bits per heavy atom. The van der Waals surface area contributed by atoms with E-state index in [0.717, 1.165) is 55.5 Å². The van der Waals surface area contributed by atoms with E-state index in [0.29, 0.717) is 0 Å². The molecule has 2 aromatic heterocycles. The molecule has 294 valence electrons. The van der Waals surface area contributed by atoms with Crippen LogP contribution in [0.2, 0.25) is 0 Å². The Hall–Kier alpha value is -7.98. The number of nitrogens with zero attached hydrogens (tertiary/aromatic N) is 1. The van der Waals surface area contributed by atoms with Crippen LogP contribution in [0.25, 0.3) is 108 Å². The summed E-state index contributed by atoms with van der Waals surface area (Å²) in [5.74, 6) is 0. The maximum absolute atomic E-state index is 6.62. The molecule has 3 heteroatoms. The lowest BCUT2D eigenvalue weighted by molar-refractivity contribution is 0.673. The summed E-state index contributed by atoms with van der Waals surface area (Å²) in [6.07, 6.45) is 0. The SMILES string of the molecule is c1cc(-c2cccc3oc4c5ccccc5ccc4c23)cc(N(c2ccc(-c3ccc4c(ccc5ccccc54)c3)cc2)c2ccc(-c3cccc4sc5ccccc5c34)cc2)c1. The number of furan rings is 1. The Morgan fingerprint density at radius 1 is 0.317 bits per heavy atom. The molecule has 0 aliphatic carbocycles. The van der Waals surface area contributed by atoms with E-state index in [-0.39, 0.29) is 0 Å². The van der Waals surface area contributed by atoms with E-state index in [1.165, 1.54) is 69.4 Å². The van der Waals surface area contributed by atoms with Crippen LogP contribution in [0.3, 0.4) is 0 Å². The molecule has 0 radical (unpaired) electrons. The van der Waals surface area contributed by atoms with Gasteiger partial charge in [0.15, 0.2) is 0 Å². The highest BCUT2D eigenvalue weighted by Crippen LogP contribution is 2.44. The van der Waals surface area contributed by atoms with Crippen molar-refractivity contribution in [1.82, 2.24) is 0 Å². The van der Waals surface area contributed by atoms with Gasteiger partial charge in [0.25, 0.3) is 0 Å². The van der Waals surface area contributed by atoms with Crippen molar-refractivity contribution in [3.8, 4) is 33.4 Å². The maximum Gasteiger partial charge on any atom is 0.143 e. The van der Waals surface area contributed by atoms with Gasteiger partial charge in [-0.3, -0.25) is 0 Å². The summed E-state index contributed by atoms with van der Waals surface area (Å²) in [4.78, 5) is 2.38. The number of benzene rings is 11. The summed E-state index contributed by atoms with van der Waals surface area (Å²) in [6.45, 7) is 0. The van der Waals surface area contributed by atoms with Crippen LogP contribution in [-0.4, -0.2) is 0 Å². The number of hydrogen-bond donors (Lipinski definition) is 0. The molecule has 13 aromatic rings. The van der Waals surface area contributed by atoms with Gasteiger partial charge in [-0.25, -0.2) is 0 Å². The predicted molar refractivity (Wildman–Crippen MR) is 270 cm³/mol. The summed E-state index contributed by atoms with van der Waals surface area (Å²) >= 11 is 1.86. The zero-order valence-electron chi connectivity index (χ0n) is 34.1. The fourth-order valence-corrected chi connectivity index (χ4v) is 11.0. The monoisotopic (exact) mass is 819 g/mol. The van der Waals surface area contributed by atoms with Crippen LogP contribution in [0.4, 0.5) is 17.1 Å². The second-order valence-corrected chi connectivity index (χ2v) is 17.5. The Labute approximate surface area is 368 Å². The van der Waals surface area contributed by atoms with Gasteiger partial charge in [-0.2, -0.15) is 0 Å². The fourth-order valence-electron chi connectivity index (χ4n) is 9.85. The van der Waals surface area contributed by atoms with Gasteiger partial charge in [-0.15, -0.1) is 11.3 Å². The van der Waals surface area contributed by atoms with Crippen molar-refractivity contribution < 1.29 is 4.42 Å². The van der Waals surface area contributed by atoms with Gasteiger partial charge in [0.05, 0.1) is 0 Å². The van der Waals surface area contributed by atoms with Gasteiger partial charge in [-0.1, -0.05) is 158 Å². The van der Waals surface area contributed by atoms with Crippen LogP contribution in [0.1, 0.15) is 0 Å². The average Bonchev–Trinajstić information content (AvgIpc) is 3.94. The smallest absolute Gasteiger partial charge is 0.143 e. The number of fused-ring (bicyclic) bond motifs is 11. The maximum atomic E-state index is 6.62. The van der Waals surface area contributed by atoms with Gasteiger partial charge >= 0.3 is 0 Å². The van der Waals surface area contributed by atoms with Crippen LogP contribution in [-0.2, 0) is 0 Å². The third-order valence-electron chi connectivity index (χ3n) is 12.8. The molecule has 2 heterocycles. The Morgan fingerprint density at radius 2 is 0.905 bits per heavy atom. The molecule has 0 amide bonds. The first-order valence-electron chi connectivity index (χ1n) is 21.5. The van der Waals surface area contributed by atoms with Gasteiger partial charge in [0, 0.05) is 53.4 Å². The summed E-state index contributed by atoms with van der Waals surface area (Å²) in [5, 5.41) is 12.3. The summed E-state index contributed by atoms with van der Waals surface area (Å²) in [5.41, 5.74) is 12.2. The summed E-state index contributed by atoms with van der Waals surface area (Å²) in [6, 6.07) is 81.7. The predicted octanol–water partition coefficient (Wildman–Crippen LogP) is 17.9. The lowest BCUT2D eigenvalue weighted by Gasteiger charge is -2.26. The Kier molecular flexibility index (Phi) is 8.12. The standard InChI is InChI=1S/C60H37NOS/c1-3-14-48-39(10-1)22-23-44-36-42(29-34-49(44)48)38-24-30-45(31-25-38)61(46-32-26-41(27-33-46)50-18-9-21-57-59(50)53-16-5-6-20-56(53)63-57)47-13-7-12-43(37-47)51-17-8-19-55-58(51)54-35-28-40-11-2-4-15-52(40)60(54)62-55/h1-37H. The van der Waals surface area contributed by atoms with Crippen molar-refractivity contribution in [1.29, 1.82) is 0 Å². The van der Waals surface area contributed by atoms with Gasteiger partial charge in [-0.05, 0) is 127 Å². The third kappa shape index (κ3) is 5.85. The van der Waals surface area contributed by atoms with Crippen molar-refractivity contribution in [3.63, 3.8) is 0 Å². The molecule has 0 saturated carbocycles. The minimum atomic E-state index is 0.891. The van der Waals surface area contributed by atoms with Crippen molar-refractivity contribution >= 4 is 103 Å². The second kappa shape index (κ2) is 14.3. The van der Waals surface area contributed by atoms with E-state index in [9.17, 15) is 0 Å². The van der Waals surface area contributed by atoms with Crippen molar-refractivity contribution in [3.05, 3.63) is 224 Å². The molecule has 0 aliphatic rings. The summed E-state index contributed by atoms with van der Waals surface area (Å²) in [7, 11) is 0. The number of anilines is 3. The lowest BCUT2D eigenvalue weighted by atomic mass is 9.96. The molecule has 0 bridgehead atoms. The molecule has 13 rings (SSSR count). The van der Waals surface area contributed by atoms with Crippen LogP contribution in [0, 0.1) is 0 Å². The van der Waals surface area contributed by atoms with Crippen molar-refractivity contribution in [2.24, 2.45) is 0 Å². The topological polar surface area (TPSA) is 16.4 Å². The molecule has 0 aliphatic heterocycles. The fraction of sp³-hybridized carbons (Fsp3) is 0. The largest absolute Gasteiger partial charge is 0.455 e. The second-order valence-electron chi connectivity index (χ2n) is 16.4. The molecule has 11 aromatic carbocycles. The van der Waals surface area contributed by atoms with Crippen LogP contribution in [0.15, 0.2) is 229 Å². The first kappa shape index (κ1) is 35.7. The number of thiophene rings is 1. The van der Waals surface area contributed by atoms with Gasteiger partial charge < -0.3 is 9.32 Å². The molecule has 0 fully saturated rings. The van der Waals surface area contributed by atoms with Crippen molar-refractivity contribution in [2.75, 3.05) is 4.90 Å². The number of hydrogen-bond acceptors (Lipinski definition) is 3. The lowest BCUT2D eigenvalue weighted by Crippen LogP contribution is -2.10. The third-order valence-corrected chi connectivity index (χ3v) is 14.0. The normalized spacial score (nSPS) is 11.8. The highest BCUT2D eigenvalue weighted by Gasteiger charge is 2.19. The van der Waals surface area contributed by atoms with E-state index >= 15 is 0 Å². The highest BCUT2D eigenvalue weighted by atomic mass is 32.1. The van der Waals surface area contributed by atoms with Crippen LogP contribution >= 0.6 is 11.3 Å². The van der Waals surface area contributed by atoms with Gasteiger partial charge in [0.1, 0.15) is 11.2 Å². The van der Waals surface area contributed by atoms with E-state index in [2.05, 4.69) is 229 Å². The molecule has 2 nitrogen and oxygen atoms in total. The number of rotatable bonds is 6. The minimum Gasteiger partial charge on any atom is -0.455 e. The highest BCUT2D eigenvalue weighted by molar-refractivity contribution is 7.25. The molecule has 0 unspecified atom stereocenters. The molecule has 0 atom stereocenters. The zero-order chi connectivity index (χ0) is 41.4. The molecule has 0 spiro atoms. The van der Waals surface area contributed by atoms with Crippen LogP contribution in [0.5, 0.6) is 0 Å². The molecule has 0 N–H and O–H groups in total. The van der Waals surface area contributed by atoms with E-state index in [1.54, 1.807) is 0 Å². The van der Waals surface area contributed by atoms with E-state index in [1.807, 2.05) is 11.3 Å². The quantitative estimate of drug-likeness (QED) is 0.155. The molecular formula is C60H37NOS. The summed E-state index contributed by atoms with van der Waals surface area (Å²) < 4.78 is 9.24. The first-order valence-corrected chi connectivity index (χ1v) is 22.3. The minimum absolute atomic E-state index is 0.891. The molecular weight excluding hydrogens is 783 g/mol. The Balaban J connectivity index is 0.937. The first-order chi connectivity index (χ1) is 31.2. The Bertz CT molecular complexity index is 3910. The zero-order valence-corrected chi connectivity index (χ0v) is 34.9. The van der Waals surface area contributed by atoms with Crippen molar-refractivity contribution in [2.45, 2.75) is 0 Å². The van der Waals surface area contributed by atoms with E-state index in [4.69, 9.17) is 4.42 Å². The van der Waals surface area contributed by atoms with Gasteiger partial charge in [0.2, 0.25) is 0 Å². The van der Waals surface area contributed by atoms with E-state index < -0.39 is 0 Å². The molecule has 0 saturated heterocycles. The average molecular weight is 820 g/mol.